The predicted molar refractivity (Wildman–Crippen MR) is 133 cm³/mol. The van der Waals surface area contributed by atoms with Crippen molar-refractivity contribution in [3.05, 3.63) is 125 Å². The third kappa shape index (κ3) is 4.35. The highest BCUT2D eigenvalue weighted by molar-refractivity contribution is 7.99. The summed E-state index contributed by atoms with van der Waals surface area (Å²) in [5.41, 5.74) is 1.87. The van der Waals surface area contributed by atoms with E-state index in [1.807, 2.05) is 42.5 Å². The molecule has 1 aliphatic heterocycles. The summed E-state index contributed by atoms with van der Waals surface area (Å²) >= 11 is 1.65. The van der Waals surface area contributed by atoms with Crippen molar-refractivity contribution in [2.75, 3.05) is 5.75 Å². The molecule has 0 saturated carbocycles. The molecule has 34 heavy (non-hydrogen) atoms. The van der Waals surface area contributed by atoms with Gasteiger partial charge in [0.2, 0.25) is 0 Å². The number of carbonyl (C=O) groups is 2. The van der Waals surface area contributed by atoms with Gasteiger partial charge in [-0.05, 0) is 18.2 Å². The number of hydrogen-bond donors (Lipinski definition) is 1. The van der Waals surface area contributed by atoms with E-state index >= 15 is 0 Å². The van der Waals surface area contributed by atoms with E-state index in [0.29, 0.717) is 40.2 Å². The lowest BCUT2D eigenvalue weighted by molar-refractivity contribution is 0.103. The summed E-state index contributed by atoms with van der Waals surface area (Å²) in [4.78, 5) is 27.8. The van der Waals surface area contributed by atoms with E-state index in [0.717, 1.165) is 4.90 Å². The summed E-state index contributed by atoms with van der Waals surface area (Å²) in [7, 11) is 0. The van der Waals surface area contributed by atoms with Crippen LogP contribution in [-0.2, 0) is 6.42 Å². The summed E-state index contributed by atoms with van der Waals surface area (Å²) in [5, 5.41) is 11.1. The number of rotatable bonds is 7. The summed E-state index contributed by atoms with van der Waals surface area (Å²) in [5.74, 6) is 0.342. The third-order valence-corrected chi connectivity index (χ3v) is 6.95. The fourth-order valence-corrected chi connectivity index (χ4v) is 5.02. The molecule has 1 unspecified atom stereocenters. The van der Waals surface area contributed by atoms with Crippen LogP contribution in [0.15, 0.2) is 102 Å². The maximum absolute atomic E-state index is 13.4. The fourth-order valence-electron chi connectivity index (χ4n) is 4.10. The number of aromatic hydroxyl groups is 1. The molecule has 0 spiro atoms. The summed E-state index contributed by atoms with van der Waals surface area (Å²) < 4.78 is 6.21. The summed E-state index contributed by atoms with van der Waals surface area (Å²) in [6, 6.07) is 29.1. The average molecular weight is 467 g/mol. The first-order chi connectivity index (χ1) is 16.6. The van der Waals surface area contributed by atoms with Crippen molar-refractivity contribution >= 4 is 23.3 Å². The molecule has 0 amide bonds. The van der Waals surface area contributed by atoms with Gasteiger partial charge >= 0.3 is 0 Å². The number of ketones is 2. The van der Waals surface area contributed by atoms with Crippen LogP contribution < -0.4 is 4.74 Å². The number of thioether (sulfide) groups is 1. The Morgan fingerprint density at radius 3 is 1.91 bits per heavy atom. The first-order valence-electron chi connectivity index (χ1n) is 11.0. The van der Waals surface area contributed by atoms with Crippen LogP contribution in [0.5, 0.6) is 11.5 Å². The number of ether oxygens (including phenoxy) is 1. The zero-order valence-corrected chi connectivity index (χ0v) is 19.1. The van der Waals surface area contributed by atoms with Crippen LogP contribution in [0.3, 0.4) is 0 Å². The van der Waals surface area contributed by atoms with E-state index in [1.54, 1.807) is 60.3 Å². The topological polar surface area (TPSA) is 63.6 Å². The molecular formula is C29H22O4S. The van der Waals surface area contributed by atoms with E-state index in [4.69, 9.17) is 4.74 Å². The lowest BCUT2D eigenvalue weighted by Gasteiger charge is -2.14. The van der Waals surface area contributed by atoms with Gasteiger partial charge in [-0.15, -0.1) is 11.8 Å². The lowest BCUT2D eigenvalue weighted by atomic mass is 9.92. The number of benzene rings is 4. The van der Waals surface area contributed by atoms with Crippen LogP contribution in [0.25, 0.3) is 0 Å². The van der Waals surface area contributed by atoms with Crippen LogP contribution in [0.2, 0.25) is 0 Å². The van der Waals surface area contributed by atoms with Crippen molar-refractivity contribution in [3.63, 3.8) is 0 Å². The van der Waals surface area contributed by atoms with Crippen LogP contribution in [0.1, 0.15) is 37.4 Å². The zero-order chi connectivity index (χ0) is 23.5. The van der Waals surface area contributed by atoms with Gasteiger partial charge in [0, 0.05) is 33.8 Å². The van der Waals surface area contributed by atoms with Gasteiger partial charge in [0.15, 0.2) is 11.6 Å². The van der Waals surface area contributed by atoms with Gasteiger partial charge in [-0.25, -0.2) is 0 Å². The van der Waals surface area contributed by atoms with Crippen LogP contribution in [0, 0.1) is 0 Å². The second-order valence-corrected chi connectivity index (χ2v) is 9.18. The minimum Gasteiger partial charge on any atom is -0.507 e. The average Bonchev–Trinajstić information content (AvgIpc) is 3.33. The Morgan fingerprint density at radius 1 is 0.794 bits per heavy atom. The Balaban J connectivity index is 1.53. The molecule has 1 N–H and O–H groups in total. The minimum atomic E-state index is -0.329. The molecule has 0 aromatic heterocycles. The Hall–Kier alpha value is -3.83. The van der Waals surface area contributed by atoms with Crippen molar-refractivity contribution in [2.45, 2.75) is 17.4 Å². The maximum atomic E-state index is 13.4. The minimum absolute atomic E-state index is 0.110. The largest absolute Gasteiger partial charge is 0.507 e. The van der Waals surface area contributed by atoms with Gasteiger partial charge in [-0.1, -0.05) is 78.9 Å². The Labute approximate surface area is 202 Å². The van der Waals surface area contributed by atoms with Crippen molar-refractivity contribution in [1.82, 2.24) is 0 Å². The quantitative estimate of drug-likeness (QED) is 0.269. The molecule has 0 saturated heterocycles. The SMILES string of the molecule is O=C(c1ccccc1)c1cc(C(=O)c2ccccc2)c2c(c1O)CC(CSc1ccccc1)O2. The van der Waals surface area contributed by atoms with E-state index in [1.165, 1.54) is 6.07 Å². The van der Waals surface area contributed by atoms with E-state index < -0.39 is 0 Å². The van der Waals surface area contributed by atoms with Crippen molar-refractivity contribution < 1.29 is 19.4 Å². The number of phenolic OH excluding ortho intramolecular Hbond substituents is 1. The van der Waals surface area contributed by atoms with Crippen molar-refractivity contribution in [3.8, 4) is 11.5 Å². The molecule has 168 valence electrons. The zero-order valence-electron chi connectivity index (χ0n) is 18.3. The second-order valence-electron chi connectivity index (χ2n) is 8.09. The number of phenols is 1. The highest BCUT2D eigenvalue weighted by Crippen LogP contribution is 2.43. The Morgan fingerprint density at radius 2 is 1.32 bits per heavy atom. The van der Waals surface area contributed by atoms with Crippen LogP contribution >= 0.6 is 11.8 Å². The molecule has 1 heterocycles. The van der Waals surface area contributed by atoms with Gasteiger partial charge in [0.05, 0.1) is 11.1 Å². The van der Waals surface area contributed by atoms with Gasteiger partial charge in [-0.3, -0.25) is 9.59 Å². The maximum Gasteiger partial charge on any atom is 0.196 e. The van der Waals surface area contributed by atoms with Gasteiger partial charge < -0.3 is 9.84 Å². The summed E-state index contributed by atoms with van der Waals surface area (Å²) in [6.07, 6.45) is 0.196. The predicted octanol–water partition coefficient (Wildman–Crippen LogP) is 5.95. The van der Waals surface area contributed by atoms with Crippen LogP contribution in [0.4, 0.5) is 0 Å². The molecule has 1 atom stereocenters. The molecule has 0 bridgehead atoms. The van der Waals surface area contributed by atoms with E-state index in [9.17, 15) is 14.7 Å². The smallest absolute Gasteiger partial charge is 0.196 e. The normalized spacial score (nSPS) is 14.3. The van der Waals surface area contributed by atoms with Gasteiger partial charge in [0.1, 0.15) is 17.6 Å². The van der Waals surface area contributed by atoms with Crippen molar-refractivity contribution in [1.29, 1.82) is 0 Å². The number of carbonyl (C=O) groups excluding carboxylic acids is 2. The molecule has 0 aliphatic carbocycles. The molecular weight excluding hydrogens is 444 g/mol. The fraction of sp³-hybridized carbons (Fsp3) is 0.103. The third-order valence-electron chi connectivity index (χ3n) is 5.80. The highest BCUT2D eigenvalue weighted by atomic mass is 32.2. The van der Waals surface area contributed by atoms with Crippen molar-refractivity contribution in [2.24, 2.45) is 0 Å². The molecule has 5 heteroatoms. The van der Waals surface area contributed by atoms with Crippen LogP contribution in [-0.4, -0.2) is 28.5 Å². The highest BCUT2D eigenvalue weighted by Gasteiger charge is 2.34. The molecule has 4 nitrogen and oxygen atoms in total. The Bertz CT molecular complexity index is 1340. The monoisotopic (exact) mass is 466 g/mol. The first-order valence-corrected chi connectivity index (χ1v) is 12.0. The first kappa shape index (κ1) is 22.0. The molecule has 1 aliphatic rings. The lowest BCUT2D eigenvalue weighted by Crippen LogP contribution is -2.16. The van der Waals surface area contributed by atoms with Gasteiger partial charge in [0.25, 0.3) is 0 Å². The number of fused-ring (bicyclic) bond motifs is 1. The second kappa shape index (κ2) is 9.57. The molecule has 4 aromatic carbocycles. The van der Waals surface area contributed by atoms with E-state index in [-0.39, 0.29) is 29.0 Å². The molecule has 4 aromatic rings. The summed E-state index contributed by atoms with van der Waals surface area (Å²) in [6.45, 7) is 0. The van der Waals surface area contributed by atoms with Gasteiger partial charge in [-0.2, -0.15) is 0 Å². The van der Waals surface area contributed by atoms with E-state index in [2.05, 4.69) is 0 Å². The standard InChI is InChI=1S/C29H22O4S/c30-26(19-10-4-1-5-11-19)23-17-25(27(31)20-12-6-2-7-13-20)29-24(28(23)32)16-21(33-29)18-34-22-14-8-3-9-15-22/h1-15,17,21,32H,16,18H2. The molecule has 5 rings (SSSR count). The Kier molecular flexibility index (Phi) is 6.19. The molecule has 0 fully saturated rings. The number of hydrogen-bond acceptors (Lipinski definition) is 5. The molecule has 0 radical (unpaired) electrons.